The van der Waals surface area contributed by atoms with Crippen molar-refractivity contribution in [3.05, 3.63) is 22.7 Å². The molecule has 5 heteroatoms. The van der Waals surface area contributed by atoms with E-state index >= 15 is 0 Å². The summed E-state index contributed by atoms with van der Waals surface area (Å²) in [6.45, 7) is 4.77. The Kier molecular flexibility index (Phi) is 2.63. The second-order valence-electron chi connectivity index (χ2n) is 5.00. The van der Waals surface area contributed by atoms with Gasteiger partial charge >= 0.3 is 0 Å². The van der Waals surface area contributed by atoms with Crippen LogP contribution in [0.25, 0.3) is 0 Å². The predicted molar refractivity (Wildman–Crippen MR) is 66.4 cm³/mol. The normalized spacial score (nSPS) is 25.0. The minimum Gasteiger partial charge on any atom is -0.349 e. The van der Waals surface area contributed by atoms with Gasteiger partial charge in [0.2, 0.25) is 0 Å². The zero-order valence-corrected chi connectivity index (χ0v) is 10.1. The first-order valence-corrected chi connectivity index (χ1v) is 6.31. The highest BCUT2D eigenvalue weighted by atomic mass is 16.1. The van der Waals surface area contributed by atoms with Crippen molar-refractivity contribution >= 4 is 5.82 Å². The molecule has 1 aromatic heterocycles. The molecule has 3 rings (SSSR count). The Labute approximate surface area is 100 Å². The quantitative estimate of drug-likeness (QED) is 0.803. The van der Waals surface area contributed by atoms with E-state index in [-0.39, 0.29) is 5.56 Å². The van der Waals surface area contributed by atoms with E-state index < -0.39 is 0 Å². The summed E-state index contributed by atoms with van der Waals surface area (Å²) in [5, 5.41) is 3.37. The molecule has 1 atom stereocenters. The van der Waals surface area contributed by atoms with Crippen molar-refractivity contribution in [2.24, 2.45) is 0 Å². The molecule has 1 N–H and O–H groups in total. The Morgan fingerprint density at radius 1 is 1.47 bits per heavy atom. The maximum Gasteiger partial charge on any atom is 0.293 e. The standard InChI is InChI=1S/C12H18N4O/c1-9-8-15(6-4-13-9)11-12(17)16(7-5-14-11)10-2-3-10/h5,7,9-10,13H,2-4,6,8H2,1H3/t9-/m1/s1. The summed E-state index contributed by atoms with van der Waals surface area (Å²) < 4.78 is 1.84. The fourth-order valence-corrected chi connectivity index (χ4v) is 2.40. The maximum absolute atomic E-state index is 12.3. The highest BCUT2D eigenvalue weighted by Crippen LogP contribution is 2.33. The molecule has 1 aliphatic carbocycles. The smallest absolute Gasteiger partial charge is 0.293 e. The zero-order valence-electron chi connectivity index (χ0n) is 10.1. The van der Waals surface area contributed by atoms with Crippen molar-refractivity contribution in [2.75, 3.05) is 24.5 Å². The highest BCUT2D eigenvalue weighted by Gasteiger charge is 2.27. The van der Waals surface area contributed by atoms with Crippen molar-refractivity contribution in [3.8, 4) is 0 Å². The van der Waals surface area contributed by atoms with Crippen LogP contribution >= 0.6 is 0 Å². The minimum absolute atomic E-state index is 0.0732. The molecule has 0 bridgehead atoms. The van der Waals surface area contributed by atoms with Crippen LogP contribution in [0, 0.1) is 0 Å². The first-order chi connectivity index (χ1) is 8.25. The van der Waals surface area contributed by atoms with Gasteiger partial charge in [-0.15, -0.1) is 0 Å². The molecule has 0 spiro atoms. The molecule has 0 radical (unpaired) electrons. The highest BCUT2D eigenvalue weighted by molar-refractivity contribution is 5.37. The van der Waals surface area contributed by atoms with Gasteiger partial charge in [-0.1, -0.05) is 0 Å². The molecule has 0 amide bonds. The molecule has 2 aliphatic rings. The van der Waals surface area contributed by atoms with Gasteiger partial charge in [0.15, 0.2) is 5.82 Å². The summed E-state index contributed by atoms with van der Waals surface area (Å²) in [6.07, 6.45) is 5.82. The van der Waals surface area contributed by atoms with Crippen LogP contribution in [-0.4, -0.2) is 35.2 Å². The van der Waals surface area contributed by atoms with Gasteiger partial charge in [0, 0.05) is 44.1 Å². The van der Waals surface area contributed by atoms with E-state index in [4.69, 9.17) is 0 Å². The molecule has 0 aromatic carbocycles. The molecule has 2 fully saturated rings. The van der Waals surface area contributed by atoms with Crippen LogP contribution in [0.4, 0.5) is 5.82 Å². The largest absolute Gasteiger partial charge is 0.349 e. The Morgan fingerprint density at radius 3 is 3.00 bits per heavy atom. The van der Waals surface area contributed by atoms with Gasteiger partial charge in [-0.2, -0.15) is 0 Å². The number of nitrogens with one attached hydrogen (secondary N) is 1. The minimum atomic E-state index is 0.0732. The van der Waals surface area contributed by atoms with Gasteiger partial charge in [-0.05, 0) is 19.8 Å². The molecule has 17 heavy (non-hydrogen) atoms. The van der Waals surface area contributed by atoms with E-state index in [0.29, 0.717) is 17.9 Å². The van der Waals surface area contributed by atoms with Crippen molar-refractivity contribution in [1.29, 1.82) is 0 Å². The van der Waals surface area contributed by atoms with Crippen molar-refractivity contribution in [2.45, 2.75) is 31.8 Å². The van der Waals surface area contributed by atoms with Crippen molar-refractivity contribution in [1.82, 2.24) is 14.9 Å². The molecular formula is C12H18N4O. The molecule has 92 valence electrons. The van der Waals surface area contributed by atoms with Gasteiger partial charge in [0.1, 0.15) is 0 Å². The fourth-order valence-electron chi connectivity index (χ4n) is 2.40. The third-order valence-electron chi connectivity index (χ3n) is 3.46. The van der Waals surface area contributed by atoms with E-state index in [0.717, 1.165) is 32.5 Å². The Hall–Kier alpha value is -1.36. The first kappa shape index (κ1) is 10.8. The second-order valence-corrected chi connectivity index (χ2v) is 5.00. The van der Waals surface area contributed by atoms with E-state index in [9.17, 15) is 4.79 Å². The second kappa shape index (κ2) is 4.14. The van der Waals surface area contributed by atoms with Crippen LogP contribution in [0.3, 0.4) is 0 Å². The fraction of sp³-hybridized carbons (Fsp3) is 0.667. The lowest BCUT2D eigenvalue weighted by Crippen LogP contribution is -2.51. The number of rotatable bonds is 2. The Morgan fingerprint density at radius 2 is 2.29 bits per heavy atom. The summed E-state index contributed by atoms with van der Waals surface area (Å²) in [4.78, 5) is 18.7. The number of nitrogens with zero attached hydrogens (tertiary/aromatic N) is 3. The predicted octanol–water partition coefficient (Wildman–Crippen LogP) is 0.376. The molecule has 5 nitrogen and oxygen atoms in total. The van der Waals surface area contributed by atoms with Crippen molar-refractivity contribution < 1.29 is 0 Å². The molecule has 1 aliphatic heterocycles. The lowest BCUT2D eigenvalue weighted by molar-refractivity contribution is 0.479. The molecule has 2 heterocycles. The van der Waals surface area contributed by atoms with Crippen LogP contribution in [0.15, 0.2) is 17.2 Å². The van der Waals surface area contributed by atoms with Gasteiger partial charge in [0.25, 0.3) is 5.56 Å². The van der Waals surface area contributed by atoms with Gasteiger partial charge in [-0.25, -0.2) is 4.98 Å². The maximum atomic E-state index is 12.3. The number of aromatic nitrogens is 2. The summed E-state index contributed by atoms with van der Waals surface area (Å²) in [7, 11) is 0. The van der Waals surface area contributed by atoms with E-state index in [2.05, 4.69) is 22.1 Å². The third-order valence-corrected chi connectivity index (χ3v) is 3.46. The summed E-state index contributed by atoms with van der Waals surface area (Å²) in [5.41, 5.74) is 0.0732. The average Bonchev–Trinajstić information content (AvgIpc) is 3.13. The Balaban J connectivity index is 1.91. The van der Waals surface area contributed by atoms with Gasteiger partial charge < -0.3 is 14.8 Å². The van der Waals surface area contributed by atoms with Crippen LogP contribution < -0.4 is 15.8 Å². The van der Waals surface area contributed by atoms with Crippen LogP contribution in [0.2, 0.25) is 0 Å². The molecule has 1 aromatic rings. The lowest BCUT2D eigenvalue weighted by Gasteiger charge is -2.32. The first-order valence-electron chi connectivity index (χ1n) is 6.31. The van der Waals surface area contributed by atoms with Gasteiger partial charge in [-0.3, -0.25) is 4.79 Å². The average molecular weight is 234 g/mol. The van der Waals surface area contributed by atoms with Crippen LogP contribution in [0.1, 0.15) is 25.8 Å². The number of hydrogen-bond acceptors (Lipinski definition) is 4. The van der Waals surface area contributed by atoms with E-state index in [1.807, 2.05) is 10.8 Å². The SMILES string of the molecule is C[C@@H]1CN(c2nccn(C3CC3)c2=O)CCN1. The summed E-state index contributed by atoms with van der Waals surface area (Å²) in [5.74, 6) is 0.618. The van der Waals surface area contributed by atoms with Crippen molar-refractivity contribution in [3.63, 3.8) is 0 Å². The number of piperazine rings is 1. The van der Waals surface area contributed by atoms with E-state index in [1.165, 1.54) is 0 Å². The monoisotopic (exact) mass is 234 g/mol. The molecule has 1 saturated heterocycles. The summed E-state index contributed by atoms with van der Waals surface area (Å²) in [6, 6.07) is 0.837. The number of anilines is 1. The topological polar surface area (TPSA) is 50.2 Å². The summed E-state index contributed by atoms with van der Waals surface area (Å²) >= 11 is 0. The van der Waals surface area contributed by atoms with Crippen LogP contribution in [-0.2, 0) is 0 Å². The number of hydrogen-bond donors (Lipinski definition) is 1. The van der Waals surface area contributed by atoms with E-state index in [1.54, 1.807) is 6.20 Å². The molecule has 1 saturated carbocycles. The molecule has 0 unspecified atom stereocenters. The lowest BCUT2D eigenvalue weighted by atomic mass is 10.2. The molecular weight excluding hydrogens is 216 g/mol. The zero-order chi connectivity index (χ0) is 11.8. The third kappa shape index (κ3) is 2.07. The van der Waals surface area contributed by atoms with Crippen LogP contribution in [0.5, 0.6) is 0 Å². The Bertz CT molecular complexity index is 466. The van der Waals surface area contributed by atoms with Gasteiger partial charge in [0.05, 0.1) is 0 Å².